The molecule has 0 spiro atoms. The minimum Gasteiger partial charge on any atom is -0.272 e. The Morgan fingerprint density at radius 3 is 2.32 bits per heavy atom. The van der Waals surface area contributed by atoms with Crippen LogP contribution in [0.3, 0.4) is 0 Å². The summed E-state index contributed by atoms with van der Waals surface area (Å²) in [6.45, 7) is 0.636. The Hall–Kier alpha value is -2.29. The predicted octanol–water partition coefficient (Wildman–Crippen LogP) is 3.77. The van der Waals surface area contributed by atoms with Crippen molar-refractivity contribution in [2.75, 3.05) is 0 Å². The molecular weight excluding hydrogens is 362 g/mol. The number of nitrogens with zero attached hydrogens (tertiary/aromatic N) is 1. The highest BCUT2D eigenvalue weighted by molar-refractivity contribution is 7.95. The maximum atomic E-state index is 13.1. The number of dihydropyridines is 1. The third-order valence-electron chi connectivity index (χ3n) is 3.63. The lowest BCUT2D eigenvalue weighted by molar-refractivity contribution is -0.120. The number of aliphatic imine (C=N–C) groups is 1. The Bertz CT molecular complexity index is 868. The zero-order valence-electron chi connectivity index (χ0n) is 12.9. The number of halogens is 4. The Kier molecular flexibility index (Phi) is 5.26. The first-order chi connectivity index (χ1) is 11.5. The first-order valence-corrected chi connectivity index (χ1v) is 8.55. The van der Waals surface area contributed by atoms with E-state index >= 15 is 0 Å². The van der Waals surface area contributed by atoms with Gasteiger partial charge < -0.3 is 0 Å². The molecule has 134 valence electrons. The van der Waals surface area contributed by atoms with Crippen molar-refractivity contribution in [3.8, 4) is 0 Å². The van der Waals surface area contributed by atoms with Crippen LogP contribution < -0.4 is 0 Å². The van der Waals surface area contributed by atoms with E-state index < -0.39 is 50.7 Å². The molecule has 1 unspecified atom stereocenters. The SMILES string of the molecule is CC(=C(CC1C=CC(F)=NC1=O)S(=O)(=O)c1ccccc1)C(F)(F)F. The molecule has 1 aliphatic heterocycles. The molecule has 0 saturated heterocycles. The fraction of sp³-hybridized carbons (Fsp3) is 0.250. The van der Waals surface area contributed by atoms with Gasteiger partial charge in [0.25, 0.3) is 5.91 Å². The molecule has 0 fully saturated rings. The van der Waals surface area contributed by atoms with E-state index in [1.165, 1.54) is 18.2 Å². The summed E-state index contributed by atoms with van der Waals surface area (Å²) in [5.74, 6) is -3.40. The van der Waals surface area contributed by atoms with E-state index in [-0.39, 0.29) is 4.90 Å². The van der Waals surface area contributed by atoms with E-state index in [0.717, 1.165) is 24.3 Å². The van der Waals surface area contributed by atoms with Crippen LogP contribution in [0, 0.1) is 5.92 Å². The maximum absolute atomic E-state index is 13.1. The molecule has 1 amide bonds. The third kappa shape index (κ3) is 4.22. The number of amides is 1. The lowest BCUT2D eigenvalue weighted by Gasteiger charge is -2.19. The summed E-state index contributed by atoms with van der Waals surface area (Å²) in [6.07, 6.45) is -3.82. The van der Waals surface area contributed by atoms with E-state index in [2.05, 4.69) is 4.99 Å². The topological polar surface area (TPSA) is 63.6 Å². The number of hydrogen-bond acceptors (Lipinski definition) is 3. The second-order valence-corrected chi connectivity index (χ2v) is 7.28. The Morgan fingerprint density at radius 2 is 1.80 bits per heavy atom. The van der Waals surface area contributed by atoms with Crippen molar-refractivity contribution in [1.82, 2.24) is 0 Å². The van der Waals surface area contributed by atoms with Gasteiger partial charge in [0.2, 0.25) is 15.8 Å². The molecule has 1 aromatic carbocycles. The predicted molar refractivity (Wildman–Crippen MR) is 83.2 cm³/mol. The molecule has 1 aromatic rings. The second-order valence-electron chi connectivity index (χ2n) is 5.30. The summed E-state index contributed by atoms with van der Waals surface area (Å²) in [6, 6.07) is 6.59. The molecular formula is C16H13F4NO3S. The molecule has 1 atom stereocenters. The molecule has 25 heavy (non-hydrogen) atoms. The normalized spacial score (nSPS) is 19.5. The van der Waals surface area contributed by atoms with E-state index in [1.807, 2.05) is 0 Å². The van der Waals surface area contributed by atoms with Gasteiger partial charge in [0.15, 0.2) is 0 Å². The largest absolute Gasteiger partial charge is 0.413 e. The quantitative estimate of drug-likeness (QED) is 0.753. The molecule has 0 aliphatic carbocycles. The van der Waals surface area contributed by atoms with Crippen LogP contribution in [0.1, 0.15) is 13.3 Å². The summed E-state index contributed by atoms with van der Waals surface area (Å²) in [5.41, 5.74) is -1.33. The lowest BCUT2D eigenvalue weighted by atomic mass is 10.0. The van der Waals surface area contributed by atoms with Crippen molar-refractivity contribution in [2.45, 2.75) is 24.4 Å². The van der Waals surface area contributed by atoms with Crippen LogP contribution in [0.25, 0.3) is 0 Å². The van der Waals surface area contributed by atoms with Crippen LogP contribution >= 0.6 is 0 Å². The number of carbonyl (C=O) groups is 1. The Balaban J connectivity index is 2.54. The van der Waals surface area contributed by atoms with Gasteiger partial charge in [0.1, 0.15) is 0 Å². The van der Waals surface area contributed by atoms with Crippen molar-refractivity contribution < 1.29 is 30.8 Å². The molecule has 1 aliphatic rings. The number of alkyl halides is 3. The first-order valence-electron chi connectivity index (χ1n) is 7.07. The Morgan fingerprint density at radius 1 is 1.20 bits per heavy atom. The third-order valence-corrected chi connectivity index (χ3v) is 5.64. The highest BCUT2D eigenvalue weighted by Gasteiger charge is 2.39. The van der Waals surface area contributed by atoms with Crippen LogP contribution in [0.4, 0.5) is 17.6 Å². The fourth-order valence-corrected chi connectivity index (χ4v) is 3.94. The monoisotopic (exact) mass is 375 g/mol. The molecule has 0 bridgehead atoms. The summed E-state index contributed by atoms with van der Waals surface area (Å²) < 4.78 is 77.7. The van der Waals surface area contributed by atoms with Crippen LogP contribution in [0.15, 0.2) is 62.9 Å². The van der Waals surface area contributed by atoms with Crippen LogP contribution in [0.2, 0.25) is 0 Å². The molecule has 0 radical (unpaired) electrons. The zero-order chi connectivity index (χ0) is 18.8. The van der Waals surface area contributed by atoms with Gasteiger partial charge >= 0.3 is 6.18 Å². The molecule has 0 saturated carbocycles. The summed E-state index contributed by atoms with van der Waals surface area (Å²) in [4.78, 5) is 13.5. The van der Waals surface area contributed by atoms with Crippen LogP contribution in [-0.4, -0.2) is 26.5 Å². The number of sulfone groups is 1. The van der Waals surface area contributed by atoms with Gasteiger partial charge in [-0.1, -0.05) is 24.3 Å². The highest BCUT2D eigenvalue weighted by Crippen LogP contribution is 2.36. The zero-order valence-corrected chi connectivity index (χ0v) is 13.7. The van der Waals surface area contributed by atoms with Gasteiger partial charge in [-0.3, -0.25) is 4.79 Å². The fourth-order valence-electron chi connectivity index (χ4n) is 2.22. The van der Waals surface area contributed by atoms with Gasteiger partial charge in [-0.05, 0) is 31.6 Å². The molecule has 1 heterocycles. The number of benzene rings is 1. The number of hydrogen-bond donors (Lipinski definition) is 0. The van der Waals surface area contributed by atoms with E-state index in [9.17, 15) is 30.8 Å². The number of allylic oxidation sites excluding steroid dienone is 3. The van der Waals surface area contributed by atoms with Gasteiger partial charge in [0, 0.05) is 5.57 Å². The molecule has 0 aromatic heterocycles. The summed E-state index contributed by atoms with van der Waals surface area (Å²) in [5, 5.41) is 0. The maximum Gasteiger partial charge on any atom is 0.413 e. The van der Waals surface area contributed by atoms with Crippen molar-refractivity contribution in [3.05, 3.63) is 53.0 Å². The number of rotatable bonds is 4. The molecule has 2 rings (SSSR count). The second kappa shape index (κ2) is 6.91. The van der Waals surface area contributed by atoms with Crippen LogP contribution in [-0.2, 0) is 14.6 Å². The average molecular weight is 375 g/mol. The highest BCUT2D eigenvalue weighted by atomic mass is 32.2. The smallest absolute Gasteiger partial charge is 0.272 e. The molecule has 4 nitrogen and oxygen atoms in total. The van der Waals surface area contributed by atoms with Crippen molar-refractivity contribution in [1.29, 1.82) is 0 Å². The minimum absolute atomic E-state index is 0.324. The standard InChI is InChI=1S/C16H13F4NO3S/c1-10(16(18,19)20)13(9-11-7-8-14(17)21-15(11)22)25(23,24)12-5-3-2-4-6-12/h2-8,11H,9H2,1H3. The van der Waals surface area contributed by atoms with Gasteiger partial charge in [-0.25, -0.2) is 8.42 Å². The van der Waals surface area contributed by atoms with Crippen LogP contribution in [0.5, 0.6) is 0 Å². The van der Waals surface area contributed by atoms with Gasteiger partial charge in [-0.2, -0.15) is 22.6 Å². The van der Waals surface area contributed by atoms with Gasteiger partial charge in [0.05, 0.1) is 15.7 Å². The van der Waals surface area contributed by atoms with E-state index in [1.54, 1.807) is 0 Å². The summed E-state index contributed by atoms with van der Waals surface area (Å²) in [7, 11) is -4.49. The summed E-state index contributed by atoms with van der Waals surface area (Å²) >= 11 is 0. The van der Waals surface area contributed by atoms with Gasteiger partial charge in [-0.15, -0.1) is 0 Å². The van der Waals surface area contributed by atoms with Crippen molar-refractivity contribution in [2.24, 2.45) is 10.9 Å². The Labute approximate surface area is 141 Å². The molecule has 0 N–H and O–H groups in total. The first kappa shape index (κ1) is 19.0. The van der Waals surface area contributed by atoms with Crippen molar-refractivity contribution in [3.63, 3.8) is 0 Å². The van der Waals surface area contributed by atoms with E-state index in [0.29, 0.717) is 6.92 Å². The lowest BCUT2D eigenvalue weighted by Crippen LogP contribution is -2.22. The number of carbonyl (C=O) groups excluding carboxylic acids is 1. The van der Waals surface area contributed by atoms with Crippen molar-refractivity contribution >= 4 is 21.7 Å². The minimum atomic E-state index is -4.90. The van der Waals surface area contributed by atoms with E-state index in [4.69, 9.17) is 0 Å². The molecule has 9 heteroatoms. The average Bonchev–Trinajstić information content (AvgIpc) is 2.53.